The molecule has 106 valence electrons. The lowest BCUT2D eigenvalue weighted by atomic mass is 10.0. The van der Waals surface area contributed by atoms with Gasteiger partial charge in [0.1, 0.15) is 5.82 Å². The van der Waals surface area contributed by atoms with Crippen LogP contribution in [0.2, 0.25) is 5.02 Å². The van der Waals surface area contributed by atoms with Gasteiger partial charge in [-0.2, -0.15) is 0 Å². The van der Waals surface area contributed by atoms with Crippen LogP contribution in [0.15, 0.2) is 42.5 Å². The maximum Gasteiger partial charge on any atom is 0.141 e. The molecule has 0 radical (unpaired) electrons. The molecule has 0 bridgehead atoms. The smallest absolute Gasteiger partial charge is 0.141 e. The SMILES string of the molecule is COCC(N)Cc1ccc(-c2ccc(F)c(Cl)c2)cc1. The van der Waals surface area contributed by atoms with Crippen LogP contribution in [0.25, 0.3) is 11.1 Å². The number of nitrogens with two attached hydrogens (primary N) is 1. The minimum Gasteiger partial charge on any atom is -0.383 e. The molecular formula is C16H17ClFNO. The predicted molar refractivity (Wildman–Crippen MR) is 80.4 cm³/mol. The van der Waals surface area contributed by atoms with Crippen molar-refractivity contribution >= 4 is 11.6 Å². The fourth-order valence-electron chi connectivity index (χ4n) is 2.08. The van der Waals surface area contributed by atoms with Crippen LogP contribution in [-0.4, -0.2) is 19.8 Å². The summed E-state index contributed by atoms with van der Waals surface area (Å²) in [6, 6.07) is 12.7. The third kappa shape index (κ3) is 3.79. The lowest BCUT2D eigenvalue weighted by molar-refractivity contribution is 0.180. The molecule has 0 spiro atoms. The molecule has 4 heteroatoms. The number of hydrogen-bond acceptors (Lipinski definition) is 2. The number of rotatable bonds is 5. The topological polar surface area (TPSA) is 35.2 Å². The number of benzene rings is 2. The second kappa shape index (κ2) is 6.84. The highest BCUT2D eigenvalue weighted by Crippen LogP contribution is 2.25. The summed E-state index contributed by atoms with van der Waals surface area (Å²) < 4.78 is 18.2. The molecule has 2 N–H and O–H groups in total. The standard InChI is InChI=1S/C16H17ClFNO/c1-20-10-14(19)8-11-2-4-12(5-3-11)13-6-7-16(18)15(17)9-13/h2-7,9,14H,8,10,19H2,1H3. The first-order valence-electron chi connectivity index (χ1n) is 6.39. The summed E-state index contributed by atoms with van der Waals surface area (Å²) in [5.74, 6) is -0.405. The van der Waals surface area contributed by atoms with E-state index in [1.807, 2.05) is 24.3 Å². The summed E-state index contributed by atoms with van der Waals surface area (Å²) in [7, 11) is 1.64. The van der Waals surface area contributed by atoms with E-state index in [-0.39, 0.29) is 11.1 Å². The van der Waals surface area contributed by atoms with Crippen LogP contribution in [0.3, 0.4) is 0 Å². The van der Waals surface area contributed by atoms with Crippen molar-refractivity contribution in [2.75, 3.05) is 13.7 Å². The molecule has 2 aromatic carbocycles. The lowest BCUT2D eigenvalue weighted by Gasteiger charge is -2.11. The summed E-state index contributed by atoms with van der Waals surface area (Å²) >= 11 is 5.79. The fraction of sp³-hybridized carbons (Fsp3) is 0.250. The van der Waals surface area contributed by atoms with E-state index >= 15 is 0 Å². The van der Waals surface area contributed by atoms with Crippen LogP contribution in [0.1, 0.15) is 5.56 Å². The van der Waals surface area contributed by atoms with E-state index in [9.17, 15) is 4.39 Å². The van der Waals surface area contributed by atoms with Gasteiger partial charge in [0.25, 0.3) is 0 Å². The third-order valence-electron chi connectivity index (χ3n) is 3.09. The van der Waals surface area contributed by atoms with Crippen molar-refractivity contribution < 1.29 is 9.13 Å². The molecule has 0 aliphatic rings. The Labute approximate surface area is 123 Å². The van der Waals surface area contributed by atoms with Gasteiger partial charge in [-0.1, -0.05) is 41.9 Å². The molecule has 0 fully saturated rings. The number of hydrogen-bond donors (Lipinski definition) is 1. The van der Waals surface area contributed by atoms with Crippen LogP contribution < -0.4 is 5.73 Å². The van der Waals surface area contributed by atoms with Crippen molar-refractivity contribution in [3.05, 3.63) is 58.9 Å². The molecule has 0 saturated heterocycles. The lowest BCUT2D eigenvalue weighted by Crippen LogP contribution is -2.27. The summed E-state index contributed by atoms with van der Waals surface area (Å²) in [5.41, 5.74) is 8.95. The van der Waals surface area contributed by atoms with Gasteiger partial charge >= 0.3 is 0 Å². The molecular weight excluding hydrogens is 277 g/mol. The van der Waals surface area contributed by atoms with E-state index in [0.717, 1.165) is 23.1 Å². The van der Waals surface area contributed by atoms with Crippen molar-refractivity contribution in [2.45, 2.75) is 12.5 Å². The monoisotopic (exact) mass is 293 g/mol. The largest absolute Gasteiger partial charge is 0.383 e. The Balaban J connectivity index is 2.13. The molecule has 0 aliphatic heterocycles. The van der Waals surface area contributed by atoms with Gasteiger partial charge in [-0.3, -0.25) is 0 Å². The van der Waals surface area contributed by atoms with Crippen LogP contribution in [0.5, 0.6) is 0 Å². The van der Waals surface area contributed by atoms with Crippen molar-refractivity contribution in [2.24, 2.45) is 5.73 Å². The zero-order valence-electron chi connectivity index (χ0n) is 11.3. The van der Waals surface area contributed by atoms with Gasteiger partial charge in [-0.05, 0) is 35.2 Å². The van der Waals surface area contributed by atoms with Gasteiger partial charge in [0.05, 0.1) is 11.6 Å². The maximum absolute atomic E-state index is 13.1. The van der Waals surface area contributed by atoms with Crippen molar-refractivity contribution in [3.63, 3.8) is 0 Å². The van der Waals surface area contributed by atoms with Crippen LogP contribution in [0, 0.1) is 5.82 Å². The molecule has 0 amide bonds. The molecule has 2 rings (SSSR count). The van der Waals surface area contributed by atoms with Crippen molar-refractivity contribution in [3.8, 4) is 11.1 Å². The molecule has 1 atom stereocenters. The number of methoxy groups -OCH3 is 1. The Morgan fingerprint density at radius 2 is 1.80 bits per heavy atom. The first-order chi connectivity index (χ1) is 9.60. The van der Waals surface area contributed by atoms with Gasteiger partial charge in [-0.15, -0.1) is 0 Å². The Hall–Kier alpha value is -1.42. The van der Waals surface area contributed by atoms with Gasteiger partial charge in [0, 0.05) is 13.2 Å². The summed E-state index contributed by atoms with van der Waals surface area (Å²) in [6.45, 7) is 0.537. The van der Waals surface area contributed by atoms with E-state index < -0.39 is 5.82 Å². The summed E-state index contributed by atoms with van der Waals surface area (Å²) in [6.07, 6.45) is 0.762. The number of halogens is 2. The normalized spacial score (nSPS) is 12.4. The van der Waals surface area contributed by atoms with E-state index in [1.165, 1.54) is 6.07 Å². The zero-order chi connectivity index (χ0) is 14.5. The first-order valence-corrected chi connectivity index (χ1v) is 6.77. The first kappa shape index (κ1) is 15.0. The van der Waals surface area contributed by atoms with Crippen LogP contribution in [0.4, 0.5) is 4.39 Å². The van der Waals surface area contributed by atoms with Crippen LogP contribution in [-0.2, 0) is 11.2 Å². The van der Waals surface area contributed by atoms with Gasteiger partial charge in [-0.25, -0.2) is 4.39 Å². The Morgan fingerprint density at radius 1 is 1.15 bits per heavy atom. The van der Waals surface area contributed by atoms with E-state index in [1.54, 1.807) is 19.2 Å². The predicted octanol–water partition coefficient (Wildman–Crippen LogP) is 3.66. The van der Waals surface area contributed by atoms with Gasteiger partial charge < -0.3 is 10.5 Å². The van der Waals surface area contributed by atoms with Crippen LogP contribution >= 0.6 is 11.6 Å². The zero-order valence-corrected chi connectivity index (χ0v) is 12.0. The second-order valence-corrected chi connectivity index (χ2v) is 5.15. The molecule has 0 heterocycles. The molecule has 20 heavy (non-hydrogen) atoms. The number of ether oxygens (including phenoxy) is 1. The maximum atomic E-state index is 13.1. The van der Waals surface area contributed by atoms with Gasteiger partial charge in [0.2, 0.25) is 0 Å². The minimum absolute atomic E-state index is 0.00823. The van der Waals surface area contributed by atoms with Gasteiger partial charge in [0.15, 0.2) is 0 Å². The molecule has 0 saturated carbocycles. The highest BCUT2D eigenvalue weighted by molar-refractivity contribution is 6.31. The van der Waals surface area contributed by atoms with Crippen molar-refractivity contribution in [1.29, 1.82) is 0 Å². The molecule has 2 nitrogen and oxygen atoms in total. The average Bonchev–Trinajstić information content (AvgIpc) is 2.43. The highest BCUT2D eigenvalue weighted by atomic mass is 35.5. The quantitative estimate of drug-likeness (QED) is 0.913. The molecule has 0 aromatic heterocycles. The summed E-state index contributed by atoms with van der Waals surface area (Å²) in [5, 5.41) is 0.133. The Kier molecular flexibility index (Phi) is 5.12. The Bertz CT molecular complexity index is 571. The average molecular weight is 294 g/mol. The molecule has 0 aliphatic carbocycles. The second-order valence-electron chi connectivity index (χ2n) is 4.75. The van der Waals surface area contributed by atoms with Crippen molar-refractivity contribution in [1.82, 2.24) is 0 Å². The third-order valence-corrected chi connectivity index (χ3v) is 3.38. The Morgan fingerprint density at radius 3 is 2.40 bits per heavy atom. The molecule has 2 aromatic rings. The van der Waals surface area contributed by atoms with E-state index in [2.05, 4.69) is 0 Å². The highest BCUT2D eigenvalue weighted by Gasteiger charge is 2.06. The summed E-state index contributed by atoms with van der Waals surface area (Å²) in [4.78, 5) is 0. The molecule has 1 unspecified atom stereocenters. The minimum atomic E-state index is -0.405. The van der Waals surface area contributed by atoms with E-state index in [4.69, 9.17) is 22.1 Å². The van der Waals surface area contributed by atoms with E-state index in [0.29, 0.717) is 6.61 Å². The fourth-order valence-corrected chi connectivity index (χ4v) is 2.27.